The number of amides is 1. The number of nitrogens with one attached hydrogen (secondary N) is 1. The van der Waals surface area contributed by atoms with Gasteiger partial charge in [0.05, 0.1) is 32.6 Å². The molecule has 27 heavy (non-hydrogen) atoms. The van der Waals surface area contributed by atoms with Gasteiger partial charge < -0.3 is 23.4 Å². The Kier molecular flexibility index (Phi) is 10.5. The number of rotatable bonds is 13. The third kappa shape index (κ3) is 8.69. The van der Waals surface area contributed by atoms with Crippen LogP contribution in [0.25, 0.3) is 0 Å². The van der Waals surface area contributed by atoms with Crippen molar-refractivity contribution in [1.29, 1.82) is 0 Å². The number of hydrogen-bond acceptors (Lipinski definition) is 7. The summed E-state index contributed by atoms with van der Waals surface area (Å²) < 4.78 is 45.7. The summed E-state index contributed by atoms with van der Waals surface area (Å²) in [6, 6.07) is 6.79. The molecule has 0 aliphatic heterocycles. The topological polar surface area (TPSA) is 100 Å². The van der Waals surface area contributed by atoms with Crippen molar-refractivity contribution >= 4 is 26.8 Å². The minimum Gasteiger partial charge on any atom is -0.326 e. The highest BCUT2D eigenvalue weighted by Crippen LogP contribution is 2.51. The van der Waals surface area contributed by atoms with E-state index in [2.05, 4.69) is 5.32 Å². The molecule has 0 radical (unpaired) electrons. The smallest absolute Gasteiger partial charge is 0.326 e. The van der Waals surface area contributed by atoms with Crippen LogP contribution in [0.1, 0.15) is 33.3 Å². The largest absolute Gasteiger partial charge is 0.340 e. The standard InChI is InChI=1S/C17H29NO7P2/c1-5-22-26(20,23-6-2)13-15-9-11-16(12-10-15)18-17(19)14-27(21,24-7-3)25-8-4/h9-12H,5-8,13-14H2,1-4H3,(H,18,19). The fraction of sp³-hybridized carbons (Fsp3) is 0.588. The summed E-state index contributed by atoms with van der Waals surface area (Å²) >= 11 is 0. The van der Waals surface area contributed by atoms with Gasteiger partial charge in [0.15, 0.2) is 0 Å². The zero-order chi connectivity index (χ0) is 20.3. The number of carbonyl (C=O) groups is 1. The van der Waals surface area contributed by atoms with Gasteiger partial charge in [0.1, 0.15) is 6.16 Å². The lowest BCUT2D eigenvalue weighted by atomic mass is 10.2. The molecule has 0 saturated heterocycles. The highest BCUT2D eigenvalue weighted by Gasteiger charge is 2.28. The average molecular weight is 421 g/mol. The Morgan fingerprint density at radius 2 is 1.26 bits per heavy atom. The molecule has 0 atom stereocenters. The Labute approximate surface area is 161 Å². The predicted octanol–water partition coefficient (Wildman–Crippen LogP) is 4.66. The predicted molar refractivity (Wildman–Crippen MR) is 105 cm³/mol. The molecule has 1 aromatic carbocycles. The molecule has 0 unspecified atom stereocenters. The van der Waals surface area contributed by atoms with E-state index in [0.717, 1.165) is 5.56 Å². The monoisotopic (exact) mass is 421 g/mol. The summed E-state index contributed by atoms with van der Waals surface area (Å²) in [6.45, 7) is 7.87. The molecule has 1 N–H and O–H groups in total. The maximum absolute atomic E-state index is 12.6. The molecule has 0 aliphatic rings. The van der Waals surface area contributed by atoms with E-state index >= 15 is 0 Å². The summed E-state index contributed by atoms with van der Waals surface area (Å²) in [5.41, 5.74) is 1.28. The van der Waals surface area contributed by atoms with Crippen LogP contribution < -0.4 is 5.32 Å². The minimum absolute atomic E-state index is 0.146. The number of benzene rings is 1. The van der Waals surface area contributed by atoms with Gasteiger partial charge in [0.2, 0.25) is 5.91 Å². The molecular formula is C17H29NO7P2. The lowest BCUT2D eigenvalue weighted by molar-refractivity contribution is -0.114. The SMILES string of the molecule is CCOP(=O)(CC(=O)Nc1ccc(CP(=O)(OCC)OCC)cc1)OCC. The third-order valence-electron chi connectivity index (χ3n) is 3.25. The van der Waals surface area contributed by atoms with Crippen molar-refractivity contribution in [3.05, 3.63) is 29.8 Å². The Balaban J connectivity index is 2.72. The molecule has 1 amide bonds. The summed E-state index contributed by atoms with van der Waals surface area (Å²) in [4.78, 5) is 12.1. The molecule has 0 aromatic heterocycles. The van der Waals surface area contributed by atoms with Crippen molar-refractivity contribution in [2.45, 2.75) is 33.9 Å². The van der Waals surface area contributed by atoms with Gasteiger partial charge in [0, 0.05) is 5.69 Å². The molecule has 0 fully saturated rings. The Morgan fingerprint density at radius 1 is 0.815 bits per heavy atom. The first-order valence-electron chi connectivity index (χ1n) is 8.94. The van der Waals surface area contributed by atoms with E-state index in [1.165, 1.54) is 0 Å². The normalized spacial score (nSPS) is 12.1. The fourth-order valence-electron chi connectivity index (χ4n) is 2.34. The third-order valence-corrected chi connectivity index (χ3v) is 7.29. The van der Waals surface area contributed by atoms with Crippen molar-refractivity contribution in [2.75, 3.05) is 37.9 Å². The average Bonchev–Trinajstić information content (AvgIpc) is 2.57. The van der Waals surface area contributed by atoms with Gasteiger partial charge in [0.25, 0.3) is 0 Å². The first-order valence-corrected chi connectivity index (χ1v) is 12.4. The first kappa shape index (κ1) is 24.0. The summed E-state index contributed by atoms with van der Waals surface area (Å²) in [5.74, 6) is -0.470. The van der Waals surface area contributed by atoms with E-state index in [0.29, 0.717) is 18.9 Å². The second kappa shape index (κ2) is 11.7. The number of carbonyl (C=O) groups excluding carboxylic acids is 1. The van der Waals surface area contributed by atoms with E-state index in [1.54, 1.807) is 52.0 Å². The van der Waals surface area contributed by atoms with Gasteiger partial charge in [-0.05, 0) is 45.4 Å². The molecule has 154 valence electrons. The maximum atomic E-state index is 12.6. The summed E-state index contributed by atoms with van der Waals surface area (Å²) in [7, 11) is -6.63. The van der Waals surface area contributed by atoms with Gasteiger partial charge in [-0.1, -0.05) is 12.1 Å². The van der Waals surface area contributed by atoms with Crippen molar-refractivity contribution in [1.82, 2.24) is 0 Å². The highest BCUT2D eigenvalue weighted by atomic mass is 31.2. The minimum atomic E-state index is -3.45. The van der Waals surface area contributed by atoms with Crippen LogP contribution >= 0.6 is 15.2 Å². The second-order valence-electron chi connectivity index (χ2n) is 5.45. The molecule has 1 aromatic rings. The quantitative estimate of drug-likeness (QED) is 0.463. The lowest BCUT2D eigenvalue weighted by Crippen LogP contribution is -2.18. The lowest BCUT2D eigenvalue weighted by Gasteiger charge is -2.17. The van der Waals surface area contributed by atoms with Gasteiger partial charge in [-0.3, -0.25) is 13.9 Å². The van der Waals surface area contributed by atoms with E-state index in [-0.39, 0.29) is 25.5 Å². The van der Waals surface area contributed by atoms with E-state index in [4.69, 9.17) is 18.1 Å². The molecular weight excluding hydrogens is 392 g/mol. The zero-order valence-corrected chi connectivity index (χ0v) is 18.1. The highest BCUT2D eigenvalue weighted by molar-refractivity contribution is 7.55. The Morgan fingerprint density at radius 3 is 1.70 bits per heavy atom. The van der Waals surface area contributed by atoms with E-state index < -0.39 is 21.1 Å². The van der Waals surface area contributed by atoms with Gasteiger partial charge in [-0.2, -0.15) is 0 Å². The Hall–Kier alpha value is -1.01. The zero-order valence-electron chi connectivity index (χ0n) is 16.3. The van der Waals surface area contributed by atoms with Crippen LogP contribution in [0.5, 0.6) is 0 Å². The van der Waals surface area contributed by atoms with Gasteiger partial charge >= 0.3 is 15.2 Å². The summed E-state index contributed by atoms with van der Waals surface area (Å²) in [6.07, 6.45) is -0.215. The van der Waals surface area contributed by atoms with Gasteiger partial charge in [-0.25, -0.2) is 0 Å². The summed E-state index contributed by atoms with van der Waals surface area (Å²) in [5, 5.41) is 2.65. The molecule has 8 nitrogen and oxygen atoms in total. The first-order chi connectivity index (χ1) is 12.8. The second-order valence-corrected chi connectivity index (χ2v) is 9.56. The fourth-order valence-corrected chi connectivity index (χ4v) is 5.51. The maximum Gasteiger partial charge on any atom is 0.340 e. The van der Waals surface area contributed by atoms with Crippen LogP contribution in [-0.4, -0.2) is 38.5 Å². The van der Waals surface area contributed by atoms with Crippen LogP contribution in [0.15, 0.2) is 24.3 Å². The van der Waals surface area contributed by atoms with Crippen molar-refractivity contribution < 1.29 is 32.0 Å². The van der Waals surface area contributed by atoms with Crippen LogP contribution in [-0.2, 0) is 38.2 Å². The molecule has 0 saturated carbocycles. The number of anilines is 1. The molecule has 0 spiro atoms. The molecule has 10 heteroatoms. The van der Waals surface area contributed by atoms with Crippen LogP contribution in [0, 0.1) is 0 Å². The van der Waals surface area contributed by atoms with Crippen molar-refractivity contribution in [3.63, 3.8) is 0 Å². The van der Waals surface area contributed by atoms with Crippen LogP contribution in [0.4, 0.5) is 5.69 Å². The Bertz CT molecular complexity index is 658. The number of hydrogen-bond donors (Lipinski definition) is 1. The van der Waals surface area contributed by atoms with Crippen molar-refractivity contribution in [2.24, 2.45) is 0 Å². The molecule has 0 heterocycles. The molecule has 0 bridgehead atoms. The van der Waals surface area contributed by atoms with Gasteiger partial charge in [-0.15, -0.1) is 0 Å². The van der Waals surface area contributed by atoms with E-state index in [9.17, 15) is 13.9 Å². The molecule has 0 aliphatic carbocycles. The van der Waals surface area contributed by atoms with Crippen molar-refractivity contribution in [3.8, 4) is 0 Å². The van der Waals surface area contributed by atoms with Crippen LogP contribution in [0.2, 0.25) is 0 Å². The van der Waals surface area contributed by atoms with E-state index in [1.807, 2.05) is 0 Å². The van der Waals surface area contributed by atoms with Crippen LogP contribution in [0.3, 0.4) is 0 Å². The molecule has 1 rings (SSSR count).